The number of nitrogens with zero attached hydrogens (tertiary/aromatic N) is 7. The normalized spacial score (nSPS) is 15.3. The van der Waals surface area contributed by atoms with E-state index in [9.17, 15) is 14.3 Å². The summed E-state index contributed by atoms with van der Waals surface area (Å²) < 4.78 is 24.3. The summed E-state index contributed by atoms with van der Waals surface area (Å²) in [5.41, 5.74) is 4.39. The maximum atomic E-state index is 14.3. The van der Waals surface area contributed by atoms with Crippen molar-refractivity contribution in [3.8, 4) is 11.9 Å². The second-order valence-electron chi connectivity index (χ2n) is 11.4. The summed E-state index contributed by atoms with van der Waals surface area (Å²) in [6, 6.07) is 17.0. The molecule has 1 fully saturated rings. The first kappa shape index (κ1) is 30.0. The van der Waals surface area contributed by atoms with Gasteiger partial charge < -0.3 is 19.0 Å². The van der Waals surface area contributed by atoms with Gasteiger partial charge in [0.1, 0.15) is 18.2 Å². The Morgan fingerprint density at radius 1 is 1.16 bits per heavy atom. The van der Waals surface area contributed by atoms with Crippen molar-refractivity contribution in [3.05, 3.63) is 107 Å². The summed E-state index contributed by atoms with van der Waals surface area (Å²) in [4.78, 5) is 28.1. The minimum atomic E-state index is -0.965. The number of carboxylic acids is 1. The van der Waals surface area contributed by atoms with E-state index < -0.39 is 11.8 Å². The summed E-state index contributed by atoms with van der Waals surface area (Å²) in [6.45, 7) is 5.89. The van der Waals surface area contributed by atoms with E-state index in [0.717, 1.165) is 67.1 Å². The number of carbonyl (C=O) groups is 1. The van der Waals surface area contributed by atoms with Crippen LogP contribution < -0.4 is 4.74 Å². The van der Waals surface area contributed by atoms with Crippen LogP contribution in [0.1, 0.15) is 58.5 Å². The number of hydrogen-bond donors (Lipinski definition) is 1. The molecule has 1 N–H and O–H groups in total. The molecule has 2 aromatic carbocycles. The molecule has 5 aromatic rings. The number of fused-ring (bicyclic) bond motifs is 1. The minimum Gasteiger partial charge on any atom is -0.478 e. The van der Waals surface area contributed by atoms with Gasteiger partial charge in [0.05, 0.1) is 53.3 Å². The molecule has 6 rings (SSSR count). The number of aryl methyl sites for hydroxylation is 1. The van der Waals surface area contributed by atoms with E-state index in [2.05, 4.69) is 30.9 Å². The standard InChI is InChI=1S/C34H34FN7O3/c1-2-41-22-37-17-28(41)19-42-31-15-25(34(43)44)10-11-30(31)39-32(42)20-40-12-4-5-24(18-40)13-27-6-3-7-33(38-27)45-21-26-9-8-23(16-36)14-29(26)35/h3,6-11,14-15,17,22,24H,2,4-5,12-13,18-21H2,1H3,(H,43,44)/t24-/m0/s1. The Balaban J connectivity index is 1.15. The number of imidazole rings is 2. The van der Waals surface area contributed by atoms with Gasteiger partial charge in [0.25, 0.3) is 0 Å². The number of nitriles is 1. The fraction of sp³-hybridized carbons (Fsp3) is 0.324. The zero-order chi connectivity index (χ0) is 31.3. The second-order valence-corrected chi connectivity index (χ2v) is 11.4. The molecular formula is C34H34FN7O3. The van der Waals surface area contributed by atoms with Crippen molar-refractivity contribution in [1.82, 2.24) is 29.0 Å². The van der Waals surface area contributed by atoms with Crippen molar-refractivity contribution in [1.29, 1.82) is 5.26 Å². The first-order valence-electron chi connectivity index (χ1n) is 15.1. The van der Waals surface area contributed by atoms with E-state index in [-0.39, 0.29) is 17.7 Å². The minimum absolute atomic E-state index is 0.0270. The Kier molecular flexibility index (Phi) is 8.84. The van der Waals surface area contributed by atoms with Crippen LogP contribution in [-0.4, -0.2) is 53.2 Å². The van der Waals surface area contributed by atoms with E-state index in [1.54, 1.807) is 36.4 Å². The number of carboxylic acid groups (broad SMARTS) is 1. The van der Waals surface area contributed by atoms with Crippen LogP contribution in [0, 0.1) is 23.1 Å². The largest absolute Gasteiger partial charge is 0.478 e. The predicted octanol–water partition coefficient (Wildman–Crippen LogP) is 5.44. The molecule has 1 aliphatic heterocycles. The molecule has 4 heterocycles. The molecule has 0 unspecified atom stereocenters. The quantitative estimate of drug-likeness (QED) is 0.211. The van der Waals surface area contributed by atoms with Gasteiger partial charge >= 0.3 is 5.97 Å². The van der Waals surface area contributed by atoms with Crippen LogP contribution in [0.2, 0.25) is 0 Å². The van der Waals surface area contributed by atoms with Crippen LogP contribution in [0.25, 0.3) is 11.0 Å². The SMILES string of the molecule is CCn1cncc1Cn1c(CN2CCC[C@@H](Cc3cccc(OCc4ccc(C#N)cc4F)n3)C2)nc2ccc(C(=O)O)cc21. The second kappa shape index (κ2) is 13.3. The fourth-order valence-electron chi connectivity index (χ4n) is 6.02. The zero-order valence-corrected chi connectivity index (χ0v) is 25.1. The third kappa shape index (κ3) is 6.86. The highest BCUT2D eigenvalue weighted by Crippen LogP contribution is 2.26. The van der Waals surface area contributed by atoms with E-state index in [1.807, 2.05) is 30.7 Å². The van der Waals surface area contributed by atoms with Gasteiger partial charge in [-0.3, -0.25) is 4.90 Å². The highest BCUT2D eigenvalue weighted by atomic mass is 19.1. The molecule has 0 saturated carbocycles. The lowest BCUT2D eigenvalue weighted by molar-refractivity contribution is 0.0697. The van der Waals surface area contributed by atoms with Crippen molar-refractivity contribution in [2.75, 3.05) is 13.1 Å². The number of hydrogen-bond acceptors (Lipinski definition) is 7. The lowest BCUT2D eigenvalue weighted by atomic mass is 9.93. The highest BCUT2D eigenvalue weighted by molar-refractivity contribution is 5.92. The summed E-state index contributed by atoms with van der Waals surface area (Å²) in [6.07, 6.45) is 6.57. The van der Waals surface area contributed by atoms with Crippen LogP contribution >= 0.6 is 0 Å². The van der Waals surface area contributed by atoms with E-state index in [1.165, 1.54) is 6.07 Å². The molecule has 0 amide bonds. The van der Waals surface area contributed by atoms with E-state index >= 15 is 0 Å². The number of halogens is 1. The van der Waals surface area contributed by atoms with Crippen molar-refractivity contribution in [3.63, 3.8) is 0 Å². The van der Waals surface area contributed by atoms with Gasteiger partial charge in [0.2, 0.25) is 5.88 Å². The topological polar surface area (TPSA) is 122 Å². The number of aromatic carboxylic acids is 1. The van der Waals surface area contributed by atoms with E-state index in [0.29, 0.717) is 30.5 Å². The van der Waals surface area contributed by atoms with Gasteiger partial charge in [-0.25, -0.2) is 24.1 Å². The smallest absolute Gasteiger partial charge is 0.335 e. The zero-order valence-electron chi connectivity index (χ0n) is 25.1. The average molecular weight is 608 g/mol. The molecule has 10 nitrogen and oxygen atoms in total. The van der Waals surface area contributed by atoms with Crippen LogP contribution in [0.5, 0.6) is 5.88 Å². The number of rotatable bonds is 11. The molecule has 3 aromatic heterocycles. The Morgan fingerprint density at radius 2 is 2.04 bits per heavy atom. The fourth-order valence-corrected chi connectivity index (χ4v) is 6.02. The van der Waals surface area contributed by atoms with Gasteiger partial charge in [0, 0.05) is 36.6 Å². The maximum absolute atomic E-state index is 14.3. The van der Waals surface area contributed by atoms with Crippen LogP contribution in [0.15, 0.2) is 67.1 Å². The number of likely N-dealkylation sites (tertiary alicyclic amines) is 1. The molecule has 0 aliphatic carbocycles. The molecule has 0 radical (unpaired) electrons. The first-order valence-corrected chi connectivity index (χ1v) is 15.1. The Morgan fingerprint density at radius 3 is 2.84 bits per heavy atom. The molecule has 0 spiro atoms. The average Bonchev–Trinajstić information content (AvgIpc) is 3.64. The number of aromatic nitrogens is 5. The lowest BCUT2D eigenvalue weighted by Gasteiger charge is -2.32. The summed E-state index contributed by atoms with van der Waals surface area (Å²) in [5, 5.41) is 18.6. The van der Waals surface area contributed by atoms with E-state index in [4.69, 9.17) is 15.0 Å². The summed E-state index contributed by atoms with van der Waals surface area (Å²) >= 11 is 0. The first-order chi connectivity index (χ1) is 21.9. The number of benzene rings is 2. The van der Waals surface area contributed by atoms with Gasteiger partial charge in [-0.15, -0.1) is 0 Å². The van der Waals surface area contributed by atoms with Gasteiger partial charge in [-0.2, -0.15) is 5.26 Å². The third-order valence-corrected chi connectivity index (χ3v) is 8.34. The molecular weight excluding hydrogens is 573 g/mol. The van der Waals surface area contributed by atoms with Crippen LogP contribution in [0.4, 0.5) is 4.39 Å². The van der Waals surface area contributed by atoms with Crippen molar-refractivity contribution >= 4 is 17.0 Å². The Bertz CT molecular complexity index is 1880. The van der Waals surface area contributed by atoms with Gasteiger partial charge in [-0.05, 0) is 75.0 Å². The van der Waals surface area contributed by atoms with Gasteiger partial charge in [-0.1, -0.05) is 12.1 Å². The number of ether oxygens (including phenoxy) is 1. The lowest BCUT2D eigenvalue weighted by Crippen LogP contribution is -2.36. The molecule has 11 heteroatoms. The van der Waals surface area contributed by atoms with Crippen molar-refractivity contribution in [2.24, 2.45) is 5.92 Å². The highest BCUT2D eigenvalue weighted by Gasteiger charge is 2.24. The molecule has 1 saturated heterocycles. The van der Waals surface area contributed by atoms with Crippen LogP contribution in [0.3, 0.4) is 0 Å². The van der Waals surface area contributed by atoms with Gasteiger partial charge in [0.15, 0.2) is 0 Å². The summed E-state index contributed by atoms with van der Waals surface area (Å²) in [5.74, 6) is 0.272. The van der Waals surface area contributed by atoms with Crippen LogP contribution in [-0.2, 0) is 32.7 Å². The third-order valence-electron chi connectivity index (χ3n) is 8.34. The molecule has 0 bridgehead atoms. The maximum Gasteiger partial charge on any atom is 0.335 e. The van der Waals surface area contributed by atoms with Crippen molar-refractivity contribution in [2.45, 2.75) is 52.4 Å². The molecule has 230 valence electrons. The predicted molar refractivity (Wildman–Crippen MR) is 165 cm³/mol. The number of piperidine rings is 1. The number of pyridine rings is 1. The molecule has 45 heavy (non-hydrogen) atoms. The molecule has 1 aliphatic rings. The Hall–Kier alpha value is -5.08. The monoisotopic (exact) mass is 607 g/mol. The summed E-state index contributed by atoms with van der Waals surface area (Å²) in [7, 11) is 0. The Labute approximate surface area is 260 Å². The van der Waals surface area contributed by atoms with Crippen molar-refractivity contribution < 1.29 is 19.0 Å². The molecule has 1 atom stereocenters.